The van der Waals surface area contributed by atoms with Gasteiger partial charge >= 0.3 is 0 Å². The van der Waals surface area contributed by atoms with Crippen molar-refractivity contribution >= 4 is 21.6 Å². The molecule has 1 aliphatic heterocycles. The van der Waals surface area contributed by atoms with E-state index >= 15 is 0 Å². The van der Waals surface area contributed by atoms with E-state index in [1.807, 2.05) is 31.2 Å². The number of carbonyl (C=O) groups is 1. The highest BCUT2D eigenvalue weighted by Gasteiger charge is 2.30. The number of hydrogen-bond acceptors (Lipinski definition) is 3. The lowest BCUT2D eigenvalue weighted by molar-refractivity contribution is -0.117. The summed E-state index contributed by atoms with van der Waals surface area (Å²) in [5.41, 5.74) is 1.90. The largest absolute Gasteiger partial charge is 0.326 e. The molecule has 0 unspecified atom stereocenters. The topological polar surface area (TPSA) is 66.5 Å². The molecule has 1 heterocycles. The van der Waals surface area contributed by atoms with E-state index in [-0.39, 0.29) is 11.8 Å². The molecule has 1 amide bonds. The Bertz CT molecular complexity index is 858. The van der Waals surface area contributed by atoms with Crippen LogP contribution in [0.1, 0.15) is 24.8 Å². The van der Waals surface area contributed by atoms with Gasteiger partial charge in [0.15, 0.2) is 0 Å². The maximum Gasteiger partial charge on any atom is 0.243 e. The van der Waals surface area contributed by atoms with Crippen molar-refractivity contribution in [1.82, 2.24) is 4.31 Å². The third kappa shape index (κ3) is 4.51. The number of sulfonamides is 1. The van der Waals surface area contributed by atoms with Gasteiger partial charge < -0.3 is 5.32 Å². The van der Waals surface area contributed by atoms with Crippen LogP contribution >= 0.6 is 0 Å². The van der Waals surface area contributed by atoms with Gasteiger partial charge in [0.2, 0.25) is 15.9 Å². The fraction of sp³-hybridized carbons (Fsp3) is 0.350. The molecule has 2 aromatic rings. The number of benzene rings is 2. The van der Waals surface area contributed by atoms with Crippen LogP contribution in [0.2, 0.25) is 0 Å². The van der Waals surface area contributed by atoms with E-state index in [4.69, 9.17) is 0 Å². The maximum atomic E-state index is 12.6. The first-order valence-corrected chi connectivity index (χ1v) is 10.3. The minimum Gasteiger partial charge on any atom is -0.326 e. The molecule has 5 nitrogen and oxygen atoms in total. The molecule has 2 aromatic carbocycles. The Morgan fingerprint density at radius 3 is 2.42 bits per heavy atom. The number of carbonyl (C=O) groups excluding carboxylic acids is 1. The van der Waals surface area contributed by atoms with Crippen molar-refractivity contribution in [1.29, 1.82) is 0 Å². The van der Waals surface area contributed by atoms with Crippen LogP contribution in [-0.4, -0.2) is 31.7 Å². The van der Waals surface area contributed by atoms with Crippen LogP contribution in [0.25, 0.3) is 0 Å². The van der Waals surface area contributed by atoms with Crippen LogP contribution in [0.5, 0.6) is 0 Å². The molecular formula is C20H24N2O3S. The van der Waals surface area contributed by atoms with Crippen LogP contribution < -0.4 is 5.32 Å². The summed E-state index contributed by atoms with van der Waals surface area (Å²) < 4.78 is 26.8. The Hall–Kier alpha value is -2.18. The van der Waals surface area contributed by atoms with Crippen molar-refractivity contribution in [3.05, 3.63) is 60.2 Å². The Balaban J connectivity index is 1.53. The summed E-state index contributed by atoms with van der Waals surface area (Å²) in [7, 11) is -3.43. The lowest BCUT2D eigenvalue weighted by Crippen LogP contribution is -2.39. The molecule has 1 aliphatic rings. The Morgan fingerprint density at radius 2 is 1.77 bits per heavy atom. The summed E-state index contributed by atoms with van der Waals surface area (Å²) >= 11 is 0. The Morgan fingerprint density at radius 1 is 1.08 bits per heavy atom. The normalized spacial score (nSPS) is 16.3. The molecule has 3 rings (SSSR count). The molecule has 0 aromatic heterocycles. The predicted octanol–water partition coefficient (Wildman–Crippen LogP) is 3.42. The summed E-state index contributed by atoms with van der Waals surface area (Å²) in [5, 5.41) is 2.93. The number of rotatable bonds is 5. The highest BCUT2D eigenvalue weighted by atomic mass is 32.2. The quantitative estimate of drug-likeness (QED) is 0.874. The second-order valence-electron chi connectivity index (χ2n) is 6.78. The predicted molar refractivity (Wildman–Crippen MR) is 102 cm³/mol. The molecule has 26 heavy (non-hydrogen) atoms. The average Bonchev–Trinajstić information content (AvgIpc) is 2.63. The Labute approximate surface area is 155 Å². The van der Waals surface area contributed by atoms with E-state index in [2.05, 4.69) is 5.32 Å². The first-order valence-electron chi connectivity index (χ1n) is 8.87. The SMILES string of the molecule is Cc1cccc(NC(=O)CC2CCN(S(=O)(=O)c3ccccc3)CC2)c1. The van der Waals surface area contributed by atoms with E-state index in [0.717, 1.165) is 11.3 Å². The molecule has 0 saturated carbocycles. The lowest BCUT2D eigenvalue weighted by atomic mass is 9.94. The maximum absolute atomic E-state index is 12.6. The number of aryl methyl sites for hydroxylation is 1. The minimum absolute atomic E-state index is 0.0139. The van der Waals surface area contributed by atoms with Gasteiger partial charge in [-0.3, -0.25) is 4.79 Å². The Kier molecular flexibility index (Phi) is 5.74. The van der Waals surface area contributed by atoms with Crippen LogP contribution in [0.4, 0.5) is 5.69 Å². The highest BCUT2D eigenvalue weighted by Crippen LogP contribution is 2.26. The summed E-state index contributed by atoms with van der Waals surface area (Å²) in [6.45, 7) is 2.90. The molecule has 6 heteroatoms. The van der Waals surface area contributed by atoms with Gasteiger partial charge in [-0.15, -0.1) is 0 Å². The van der Waals surface area contributed by atoms with E-state index in [1.165, 1.54) is 4.31 Å². The van der Waals surface area contributed by atoms with Crippen LogP contribution in [0, 0.1) is 12.8 Å². The average molecular weight is 372 g/mol. The zero-order valence-electron chi connectivity index (χ0n) is 14.9. The van der Waals surface area contributed by atoms with Crippen molar-refractivity contribution < 1.29 is 13.2 Å². The van der Waals surface area contributed by atoms with E-state index in [9.17, 15) is 13.2 Å². The molecular weight excluding hydrogens is 348 g/mol. The third-order valence-corrected chi connectivity index (χ3v) is 6.64. The second-order valence-corrected chi connectivity index (χ2v) is 8.72. The molecule has 138 valence electrons. The molecule has 1 saturated heterocycles. The number of nitrogens with zero attached hydrogens (tertiary/aromatic N) is 1. The smallest absolute Gasteiger partial charge is 0.243 e. The molecule has 1 fully saturated rings. The van der Waals surface area contributed by atoms with Gasteiger partial charge in [-0.1, -0.05) is 30.3 Å². The van der Waals surface area contributed by atoms with E-state index in [0.29, 0.717) is 37.2 Å². The monoisotopic (exact) mass is 372 g/mol. The number of piperidine rings is 1. The van der Waals surface area contributed by atoms with E-state index < -0.39 is 10.0 Å². The van der Waals surface area contributed by atoms with Crippen LogP contribution in [-0.2, 0) is 14.8 Å². The second kappa shape index (κ2) is 8.01. The standard InChI is InChI=1S/C20H24N2O3S/c1-16-6-5-7-18(14-16)21-20(23)15-17-10-12-22(13-11-17)26(24,25)19-8-3-2-4-9-19/h2-9,14,17H,10-13,15H2,1H3,(H,21,23). The fourth-order valence-electron chi connectivity index (χ4n) is 3.29. The number of anilines is 1. The minimum atomic E-state index is -3.43. The van der Waals surface area contributed by atoms with Crippen molar-refractivity contribution in [3.63, 3.8) is 0 Å². The van der Waals surface area contributed by atoms with Gasteiger partial charge in [-0.2, -0.15) is 4.31 Å². The van der Waals surface area contributed by atoms with Gasteiger partial charge in [-0.25, -0.2) is 8.42 Å². The van der Waals surface area contributed by atoms with Gasteiger partial charge in [0, 0.05) is 25.2 Å². The molecule has 0 radical (unpaired) electrons. The zero-order valence-corrected chi connectivity index (χ0v) is 15.7. The number of amides is 1. The zero-order chi connectivity index (χ0) is 18.6. The molecule has 1 N–H and O–H groups in total. The summed E-state index contributed by atoms with van der Waals surface area (Å²) in [4.78, 5) is 12.6. The van der Waals surface area contributed by atoms with Crippen LogP contribution in [0.15, 0.2) is 59.5 Å². The van der Waals surface area contributed by atoms with Crippen LogP contribution in [0.3, 0.4) is 0 Å². The summed E-state index contributed by atoms with van der Waals surface area (Å²) in [6.07, 6.45) is 1.83. The number of nitrogens with one attached hydrogen (secondary N) is 1. The first kappa shape index (κ1) is 18.6. The van der Waals surface area contributed by atoms with Gasteiger partial charge in [0.25, 0.3) is 0 Å². The summed E-state index contributed by atoms with van der Waals surface area (Å²) in [6, 6.07) is 16.2. The van der Waals surface area contributed by atoms with Crippen molar-refractivity contribution in [2.75, 3.05) is 18.4 Å². The molecule has 0 spiro atoms. The molecule has 0 aliphatic carbocycles. The fourth-order valence-corrected chi connectivity index (χ4v) is 4.78. The first-order chi connectivity index (χ1) is 12.4. The van der Waals surface area contributed by atoms with E-state index in [1.54, 1.807) is 30.3 Å². The van der Waals surface area contributed by atoms with Gasteiger partial charge in [-0.05, 0) is 55.5 Å². The third-order valence-electron chi connectivity index (χ3n) is 4.73. The van der Waals surface area contributed by atoms with Crippen molar-refractivity contribution in [2.24, 2.45) is 5.92 Å². The highest BCUT2D eigenvalue weighted by molar-refractivity contribution is 7.89. The number of hydrogen-bond donors (Lipinski definition) is 1. The van der Waals surface area contributed by atoms with Gasteiger partial charge in [0.1, 0.15) is 0 Å². The van der Waals surface area contributed by atoms with Crippen molar-refractivity contribution in [3.8, 4) is 0 Å². The summed E-state index contributed by atoms with van der Waals surface area (Å²) in [5.74, 6) is 0.196. The van der Waals surface area contributed by atoms with Crippen molar-refractivity contribution in [2.45, 2.75) is 31.1 Å². The van der Waals surface area contributed by atoms with Gasteiger partial charge in [0.05, 0.1) is 4.90 Å². The lowest BCUT2D eigenvalue weighted by Gasteiger charge is -2.31. The molecule has 0 atom stereocenters. The molecule has 0 bridgehead atoms.